The highest BCUT2D eigenvalue weighted by Crippen LogP contribution is 2.29. The molecule has 0 saturated carbocycles. The van der Waals surface area contributed by atoms with Crippen LogP contribution in [-0.4, -0.2) is 21.0 Å². The fraction of sp³-hybridized carbons (Fsp3) is 0.400. The molecule has 2 heterocycles. The molecule has 27 heavy (non-hydrogen) atoms. The minimum atomic E-state index is -0.740. The Hall–Kier alpha value is -2.54. The van der Waals surface area contributed by atoms with E-state index >= 15 is 0 Å². The van der Waals surface area contributed by atoms with E-state index in [-0.39, 0.29) is 5.91 Å². The van der Waals surface area contributed by atoms with E-state index in [0.29, 0.717) is 16.6 Å². The predicted molar refractivity (Wildman–Crippen MR) is 106 cm³/mol. The lowest BCUT2D eigenvalue weighted by atomic mass is 10.0. The molecule has 0 bridgehead atoms. The van der Waals surface area contributed by atoms with E-state index in [2.05, 4.69) is 46.4 Å². The van der Waals surface area contributed by atoms with Gasteiger partial charge >= 0.3 is 0 Å². The van der Waals surface area contributed by atoms with Crippen molar-refractivity contribution in [2.75, 3.05) is 0 Å². The normalized spacial score (nSPS) is 11.6. The van der Waals surface area contributed by atoms with Gasteiger partial charge < -0.3 is 9.84 Å². The molecule has 0 aliphatic heterocycles. The van der Waals surface area contributed by atoms with Gasteiger partial charge in [0, 0.05) is 12.0 Å². The lowest BCUT2D eigenvalue weighted by Gasteiger charge is -2.21. The van der Waals surface area contributed by atoms with Gasteiger partial charge in [0.05, 0.1) is 11.7 Å². The lowest BCUT2D eigenvalue weighted by Crippen LogP contribution is -2.41. The Kier molecular flexibility index (Phi) is 5.41. The van der Waals surface area contributed by atoms with Crippen molar-refractivity contribution in [1.82, 2.24) is 20.4 Å². The summed E-state index contributed by atoms with van der Waals surface area (Å²) < 4.78 is 5.24. The Labute approximate surface area is 163 Å². The zero-order valence-electron chi connectivity index (χ0n) is 16.3. The summed E-state index contributed by atoms with van der Waals surface area (Å²) in [5.74, 6) is 0.860. The number of aryl methyl sites for hydroxylation is 3. The SMILES string of the molecule is CCCc1nc(C(C)(C)NC(=O)c2cnc(-c3ccc(C)cc3C)s2)no1. The Morgan fingerprint density at radius 2 is 2.07 bits per heavy atom. The molecule has 3 aromatic rings. The van der Waals surface area contributed by atoms with Crippen molar-refractivity contribution in [1.29, 1.82) is 0 Å². The molecular weight excluding hydrogens is 360 g/mol. The molecule has 0 fully saturated rings. The maximum atomic E-state index is 12.7. The zero-order chi connectivity index (χ0) is 19.6. The van der Waals surface area contributed by atoms with E-state index in [1.54, 1.807) is 6.20 Å². The molecule has 1 amide bonds. The van der Waals surface area contributed by atoms with Crippen LogP contribution in [0, 0.1) is 13.8 Å². The maximum absolute atomic E-state index is 12.7. The molecule has 3 rings (SSSR count). The van der Waals surface area contributed by atoms with E-state index in [0.717, 1.165) is 29.0 Å². The quantitative estimate of drug-likeness (QED) is 0.680. The summed E-state index contributed by atoms with van der Waals surface area (Å²) >= 11 is 1.38. The van der Waals surface area contributed by atoms with E-state index in [1.807, 2.05) is 26.8 Å². The van der Waals surface area contributed by atoms with Crippen molar-refractivity contribution < 1.29 is 9.32 Å². The van der Waals surface area contributed by atoms with Crippen LogP contribution < -0.4 is 5.32 Å². The van der Waals surface area contributed by atoms with Gasteiger partial charge in [-0.25, -0.2) is 4.98 Å². The first-order valence-corrected chi connectivity index (χ1v) is 9.81. The number of amides is 1. The topological polar surface area (TPSA) is 80.9 Å². The van der Waals surface area contributed by atoms with Crippen molar-refractivity contribution >= 4 is 17.2 Å². The molecular formula is C20H24N4O2S. The summed E-state index contributed by atoms with van der Waals surface area (Å²) in [5, 5.41) is 7.83. The Bertz CT molecular complexity index is 959. The number of hydrogen-bond donors (Lipinski definition) is 1. The van der Waals surface area contributed by atoms with Crippen LogP contribution in [0.2, 0.25) is 0 Å². The molecule has 2 aromatic heterocycles. The van der Waals surface area contributed by atoms with Gasteiger partial charge in [-0.15, -0.1) is 11.3 Å². The van der Waals surface area contributed by atoms with E-state index in [9.17, 15) is 4.79 Å². The first-order chi connectivity index (χ1) is 12.8. The van der Waals surface area contributed by atoms with Crippen LogP contribution in [0.4, 0.5) is 0 Å². The first kappa shape index (κ1) is 19.2. The van der Waals surface area contributed by atoms with Crippen molar-refractivity contribution in [3.8, 4) is 10.6 Å². The van der Waals surface area contributed by atoms with Gasteiger partial charge in [-0.05, 0) is 39.7 Å². The molecule has 7 heteroatoms. The van der Waals surface area contributed by atoms with Crippen LogP contribution in [0.3, 0.4) is 0 Å². The second-order valence-corrected chi connectivity index (χ2v) is 8.22. The van der Waals surface area contributed by atoms with Gasteiger partial charge in [0.15, 0.2) is 5.82 Å². The summed E-state index contributed by atoms with van der Waals surface area (Å²) in [5.41, 5.74) is 2.66. The molecule has 6 nitrogen and oxygen atoms in total. The molecule has 142 valence electrons. The lowest BCUT2D eigenvalue weighted by molar-refractivity contribution is 0.0911. The molecule has 0 unspecified atom stereocenters. The van der Waals surface area contributed by atoms with Gasteiger partial charge in [-0.1, -0.05) is 35.8 Å². The number of thiazole rings is 1. The Morgan fingerprint density at radius 1 is 1.30 bits per heavy atom. The number of carbonyl (C=O) groups excluding carboxylic acids is 1. The average molecular weight is 385 g/mol. The Morgan fingerprint density at radius 3 is 2.78 bits per heavy atom. The highest BCUT2D eigenvalue weighted by Gasteiger charge is 2.29. The maximum Gasteiger partial charge on any atom is 0.263 e. The highest BCUT2D eigenvalue weighted by molar-refractivity contribution is 7.16. The van der Waals surface area contributed by atoms with Crippen LogP contribution in [0.15, 0.2) is 28.9 Å². The minimum Gasteiger partial charge on any atom is -0.339 e. The van der Waals surface area contributed by atoms with E-state index in [1.165, 1.54) is 16.9 Å². The fourth-order valence-electron chi connectivity index (χ4n) is 2.78. The number of carbonyl (C=O) groups is 1. The third-order valence-electron chi connectivity index (χ3n) is 4.26. The Balaban J connectivity index is 1.77. The molecule has 0 saturated heterocycles. The van der Waals surface area contributed by atoms with Gasteiger partial charge in [0.25, 0.3) is 5.91 Å². The van der Waals surface area contributed by atoms with Crippen LogP contribution in [-0.2, 0) is 12.0 Å². The molecule has 0 atom stereocenters. The van der Waals surface area contributed by atoms with Crippen LogP contribution in [0.25, 0.3) is 10.6 Å². The van der Waals surface area contributed by atoms with Gasteiger partial charge in [-0.2, -0.15) is 4.98 Å². The fourth-order valence-corrected chi connectivity index (χ4v) is 3.68. The van der Waals surface area contributed by atoms with Crippen molar-refractivity contribution in [3.63, 3.8) is 0 Å². The largest absolute Gasteiger partial charge is 0.339 e. The highest BCUT2D eigenvalue weighted by atomic mass is 32.1. The molecule has 0 aliphatic rings. The smallest absolute Gasteiger partial charge is 0.263 e. The second-order valence-electron chi connectivity index (χ2n) is 7.19. The van der Waals surface area contributed by atoms with Crippen LogP contribution >= 0.6 is 11.3 Å². The van der Waals surface area contributed by atoms with E-state index < -0.39 is 5.54 Å². The summed E-state index contributed by atoms with van der Waals surface area (Å²) in [7, 11) is 0. The number of benzene rings is 1. The summed E-state index contributed by atoms with van der Waals surface area (Å²) in [6.07, 6.45) is 3.27. The number of nitrogens with zero attached hydrogens (tertiary/aromatic N) is 3. The van der Waals surface area contributed by atoms with Gasteiger partial charge in [0.1, 0.15) is 9.88 Å². The molecule has 0 radical (unpaired) electrons. The molecule has 0 spiro atoms. The summed E-state index contributed by atoms with van der Waals surface area (Å²) in [4.78, 5) is 22.1. The number of rotatable bonds is 6. The van der Waals surface area contributed by atoms with Crippen LogP contribution in [0.1, 0.15) is 59.7 Å². The van der Waals surface area contributed by atoms with Crippen LogP contribution in [0.5, 0.6) is 0 Å². The molecule has 1 aromatic carbocycles. The minimum absolute atomic E-state index is 0.199. The number of nitrogens with one attached hydrogen (secondary N) is 1. The standard InChI is InChI=1S/C20H24N4O2S/c1-6-7-16-22-19(24-26-16)20(4,5)23-17(25)15-11-21-18(27-15)14-9-8-12(2)10-13(14)3/h8-11H,6-7H2,1-5H3,(H,23,25). The number of aromatic nitrogens is 3. The van der Waals surface area contributed by atoms with E-state index in [4.69, 9.17) is 4.52 Å². The third-order valence-corrected chi connectivity index (χ3v) is 5.29. The predicted octanol–water partition coefficient (Wildman–Crippen LogP) is 4.43. The van der Waals surface area contributed by atoms with Crippen molar-refractivity contribution in [3.05, 3.63) is 52.1 Å². The monoisotopic (exact) mass is 384 g/mol. The molecule has 0 aliphatic carbocycles. The second kappa shape index (κ2) is 7.60. The number of hydrogen-bond acceptors (Lipinski definition) is 6. The first-order valence-electron chi connectivity index (χ1n) is 8.99. The molecule has 1 N–H and O–H groups in total. The van der Waals surface area contributed by atoms with Gasteiger partial charge in [0.2, 0.25) is 5.89 Å². The summed E-state index contributed by atoms with van der Waals surface area (Å²) in [6.45, 7) is 9.88. The van der Waals surface area contributed by atoms with Gasteiger partial charge in [-0.3, -0.25) is 4.79 Å². The van der Waals surface area contributed by atoms with Crippen molar-refractivity contribution in [2.24, 2.45) is 0 Å². The average Bonchev–Trinajstić information content (AvgIpc) is 3.24. The third kappa shape index (κ3) is 4.24. The summed E-state index contributed by atoms with van der Waals surface area (Å²) in [6, 6.07) is 6.21. The zero-order valence-corrected chi connectivity index (χ0v) is 17.1. The van der Waals surface area contributed by atoms with Crippen molar-refractivity contribution in [2.45, 2.75) is 53.0 Å².